The molecule has 0 aliphatic rings. The maximum atomic E-state index is 15.4. The summed E-state index contributed by atoms with van der Waals surface area (Å²) in [7, 11) is 1.58. The lowest BCUT2D eigenvalue weighted by atomic mass is 9.98. The second kappa shape index (κ2) is 6.98. The SMILES string of the molecule is Cn1nnnc1-c1c(F)c(Cl)c(-c2ccn3nc(NC(=O)OF)cc3c2)c2cn[nH]c12. The first-order valence-corrected chi connectivity index (χ1v) is 9.02. The van der Waals surface area contributed by atoms with Crippen LogP contribution >= 0.6 is 11.6 Å². The molecule has 31 heavy (non-hydrogen) atoms. The Labute approximate surface area is 175 Å². The molecule has 14 heteroatoms. The van der Waals surface area contributed by atoms with Crippen LogP contribution in [0.4, 0.5) is 19.5 Å². The lowest BCUT2D eigenvalue weighted by Crippen LogP contribution is -2.09. The number of pyridine rings is 1. The largest absolute Gasteiger partial charge is 0.450 e. The maximum absolute atomic E-state index is 15.4. The molecule has 4 aromatic heterocycles. The number of hydrogen-bond donors (Lipinski definition) is 2. The first-order valence-electron chi connectivity index (χ1n) is 8.64. The Balaban J connectivity index is 1.70. The number of aromatic amines is 1. The summed E-state index contributed by atoms with van der Waals surface area (Å²) in [6.07, 6.45) is 1.80. The van der Waals surface area contributed by atoms with Gasteiger partial charge in [0.05, 0.1) is 27.8 Å². The van der Waals surface area contributed by atoms with Gasteiger partial charge in [-0.25, -0.2) is 23.3 Å². The van der Waals surface area contributed by atoms with Crippen LogP contribution in [0.2, 0.25) is 5.02 Å². The predicted octanol–water partition coefficient (Wildman–Crippen LogP) is 3.29. The second-order valence-corrected chi connectivity index (χ2v) is 6.84. The molecule has 0 radical (unpaired) electrons. The number of nitrogens with one attached hydrogen (secondary N) is 2. The Morgan fingerprint density at radius 3 is 2.90 bits per heavy atom. The molecule has 0 atom stereocenters. The molecule has 0 bridgehead atoms. The molecule has 0 spiro atoms. The van der Waals surface area contributed by atoms with Crippen LogP contribution in [-0.2, 0) is 12.0 Å². The summed E-state index contributed by atoms with van der Waals surface area (Å²) in [5.41, 5.74) is 1.95. The molecule has 0 aliphatic carbocycles. The third kappa shape index (κ3) is 2.93. The number of aromatic nitrogens is 8. The van der Waals surface area contributed by atoms with Gasteiger partial charge in [-0.3, -0.25) is 10.4 Å². The van der Waals surface area contributed by atoms with Crippen molar-refractivity contribution in [3.05, 3.63) is 41.4 Å². The molecule has 0 fully saturated rings. The van der Waals surface area contributed by atoms with Crippen molar-refractivity contribution in [3.8, 4) is 22.5 Å². The molecule has 1 aromatic carbocycles. The minimum absolute atomic E-state index is 0.0654. The number of fused-ring (bicyclic) bond motifs is 2. The number of anilines is 1. The van der Waals surface area contributed by atoms with E-state index in [1.165, 1.54) is 21.5 Å². The number of amides is 1. The highest BCUT2D eigenvalue weighted by Crippen LogP contribution is 2.42. The third-order valence-corrected chi connectivity index (χ3v) is 5.04. The third-order valence-electron chi connectivity index (χ3n) is 4.69. The fourth-order valence-electron chi connectivity index (χ4n) is 3.38. The molecule has 2 N–H and O–H groups in total. The summed E-state index contributed by atoms with van der Waals surface area (Å²) >= 11 is 6.45. The van der Waals surface area contributed by atoms with Crippen molar-refractivity contribution < 1.29 is 18.7 Å². The molecular formula is C17H10ClF2N9O2. The average Bonchev–Trinajstić information content (AvgIpc) is 3.48. The first-order chi connectivity index (χ1) is 15.0. The van der Waals surface area contributed by atoms with Gasteiger partial charge < -0.3 is 0 Å². The standard InChI is InChI=1S/C17H10ClF2N9O2/c1-28-16(24-26-27-28)12-14(19)13(18)11(9-6-21-23-15(9)12)7-2-3-29-8(4-7)5-10(25-29)22-17(30)31-20/h2-6H,1H3,(H,21,23)(H,22,25,30). The fraction of sp³-hybridized carbons (Fsp3) is 0.0588. The van der Waals surface area contributed by atoms with E-state index in [-0.39, 0.29) is 22.2 Å². The highest BCUT2D eigenvalue weighted by atomic mass is 35.5. The number of benzene rings is 1. The van der Waals surface area contributed by atoms with E-state index in [2.05, 4.69) is 41.1 Å². The molecule has 0 unspecified atom stereocenters. The van der Waals surface area contributed by atoms with Crippen LogP contribution in [0.1, 0.15) is 0 Å². The van der Waals surface area contributed by atoms with Crippen molar-refractivity contribution in [1.82, 2.24) is 40.0 Å². The maximum Gasteiger partial charge on any atom is 0.450 e. The van der Waals surface area contributed by atoms with E-state index < -0.39 is 11.9 Å². The van der Waals surface area contributed by atoms with Crippen LogP contribution < -0.4 is 5.32 Å². The van der Waals surface area contributed by atoms with Gasteiger partial charge in [0, 0.05) is 34.8 Å². The Morgan fingerprint density at radius 2 is 2.16 bits per heavy atom. The van der Waals surface area contributed by atoms with E-state index in [1.807, 2.05) is 0 Å². The van der Waals surface area contributed by atoms with Crippen molar-refractivity contribution in [3.63, 3.8) is 0 Å². The first kappa shape index (κ1) is 18.9. The number of carbonyl (C=O) groups is 1. The van der Waals surface area contributed by atoms with Gasteiger partial charge in [0.15, 0.2) is 17.5 Å². The van der Waals surface area contributed by atoms with Gasteiger partial charge >= 0.3 is 6.09 Å². The molecule has 156 valence electrons. The number of aryl methyl sites for hydroxylation is 1. The number of rotatable bonds is 3. The van der Waals surface area contributed by atoms with Gasteiger partial charge in [-0.1, -0.05) is 11.6 Å². The van der Waals surface area contributed by atoms with Crippen molar-refractivity contribution in [2.24, 2.45) is 7.05 Å². The monoisotopic (exact) mass is 445 g/mol. The average molecular weight is 446 g/mol. The minimum atomic E-state index is -1.30. The summed E-state index contributed by atoms with van der Waals surface area (Å²) < 4.78 is 30.1. The fourth-order valence-corrected chi connectivity index (χ4v) is 3.69. The smallest absolute Gasteiger partial charge is 0.277 e. The number of halogens is 3. The quantitative estimate of drug-likeness (QED) is 0.436. The lowest BCUT2D eigenvalue weighted by Gasteiger charge is -2.12. The molecule has 11 nitrogen and oxygen atoms in total. The summed E-state index contributed by atoms with van der Waals surface area (Å²) in [5, 5.41) is 24.6. The molecule has 0 aliphatic heterocycles. The van der Waals surface area contributed by atoms with E-state index in [9.17, 15) is 9.32 Å². The number of H-pyrrole nitrogens is 1. The van der Waals surface area contributed by atoms with E-state index in [4.69, 9.17) is 11.6 Å². The highest BCUT2D eigenvalue weighted by molar-refractivity contribution is 6.36. The van der Waals surface area contributed by atoms with E-state index in [1.54, 1.807) is 25.4 Å². The van der Waals surface area contributed by atoms with Gasteiger partial charge in [0.1, 0.15) is 0 Å². The lowest BCUT2D eigenvalue weighted by molar-refractivity contribution is -0.0544. The summed E-state index contributed by atoms with van der Waals surface area (Å²) in [6.45, 7) is 0. The van der Waals surface area contributed by atoms with Crippen LogP contribution in [-0.4, -0.2) is 46.1 Å². The Kier molecular flexibility index (Phi) is 4.25. The van der Waals surface area contributed by atoms with Crippen molar-refractivity contribution >= 4 is 39.9 Å². The van der Waals surface area contributed by atoms with Gasteiger partial charge in [0.2, 0.25) is 0 Å². The Bertz CT molecular complexity index is 1480. The minimum Gasteiger partial charge on any atom is -0.277 e. The molecule has 1 amide bonds. The van der Waals surface area contributed by atoms with Crippen LogP contribution in [0, 0.1) is 5.82 Å². The van der Waals surface area contributed by atoms with Gasteiger partial charge in [-0.15, -0.1) is 10.2 Å². The molecule has 0 saturated heterocycles. The van der Waals surface area contributed by atoms with Crippen LogP contribution in [0.3, 0.4) is 0 Å². The Hall–Kier alpha value is -4.13. The van der Waals surface area contributed by atoms with Crippen molar-refractivity contribution in [1.29, 1.82) is 0 Å². The van der Waals surface area contributed by atoms with E-state index in [0.29, 0.717) is 27.5 Å². The van der Waals surface area contributed by atoms with E-state index >= 15 is 4.39 Å². The number of hydrogen-bond acceptors (Lipinski definition) is 7. The van der Waals surface area contributed by atoms with Crippen molar-refractivity contribution in [2.45, 2.75) is 0 Å². The highest BCUT2D eigenvalue weighted by Gasteiger charge is 2.25. The van der Waals surface area contributed by atoms with Crippen molar-refractivity contribution in [2.75, 3.05) is 5.32 Å². The number of nitrogens with zero attached hydrogens (tertiary/aromatic N) is 7. The number of tetrazole rings is 1. The molecule has 5 rings (SSSR count). The van der Waals surface area contributed by atoms with E-state index in [0.717, 1.165) is 0 Å². The van der Waals surface area contributed by atoms with Gasteiger partial charge in [-0.2, -0.15) is 5.10 Å². The van der Waals surface area contributed by atoms with Crippen LogP contribution in [0.15, 0.2) is 30.6 Å². The zero-order valence-corrected chi connectivity index (χ0v) is 16.2. The van der Waals surface area contributed by atoms with Crippen LogP contribution in [0.25, 0.3) is 38.9 Å². The van der Waals surface area contributed by atoms with Crippen LogP contribution in [0.5, 0.6) is 0 Å². The summed E-state index contributed by atoms with van der Waals surface area (Å²) in [6, 6.07) is 4.82. The normalized spacial score (nSPS) is 11.4. The zero-order chi connectivity index (χ0) is 21.7. The summed E-state index contributed by atoms with van der Waals surface area (Å²) in [5.74, 6) is -0.467. The number of carbonyl (C=O) groups excluding carboxylic acids is 1. The second-order valence-electron chi connectivity index (χ2n) is 6.47. The molecular weight excluding hydrogens is 436 g/mol. The van der Waals surface area contributed by atoms with Gasteiger partial charge in [-0.05, 0) is 28.1 Å². The Morgan fingerprint density at radius 1 is 1.32 bits per heavy atom. The molecule has 4 heterocycles. The summed E-state index contributed by atoms with van der Waals surface area (Å²) in [4.78, 5) is 14.1. The zero-order valence-electron chi connectivity index (χ0n) is 15.5. The topological polar surface area (TPSA) is 128 Å². The molecule has 5 aromatic rings. The van der Waals surface area contributed by atoms with Gasteiger partial charge in [0.25, 0.3) is 0 Å². The molecule has 0 saturated carbocycles. The predicted molar refractivity (Wildman–Crippen MR) is 104 cm³/mol.